The third kappa shape index (κ3) is 14.1. The Labute approximate surface area is 235 Å². The molecular formula is C32H32O3Zr. The molecule has 3 nitrogen and oxygen atoms in total. The summed E-state index contributed by atoms with van der Waals surface area (Å²) in [4.78, 5) is 0. The summed E-state index contributed by atoms with van der Waals surface area (Å²) < 4.78 is 0. The molecule has 0 radical (unpaired) electrons. The predicted molar refractivity (Wildman–Crippen MR) is 138 cm³/mol. The summed E-state index contributed by atoms with van der Waals surface area (Å²) in [6.45, 7) is -0.331. The monoisotopic (exact) mass is 554 g/mol. The molecule has 0 atom stereocenters. The van der Waals surface area contributed by atoms with Crippen molar-refractivity contribution in [1.29, 1.82) is 0 Å². The van der Waals surface area contributed by atoms with E-state index in [2.05, 4.69) is 55.0 Å². The predicted octanol–water partition coefficient (Wildman–Crippen LogP) is 4.31. The molecule has 3 aromatic rings. The zero-order valence-corrected chi connectivity index (χ0v) is 22.8. The topological polar surface area (TPSA) is 69.2 Å². The second-order valence-corrected chi connectivity index (χ2v) is 7.78. The Morgan fingerprint density at radius 3 is 0.889 bits per heavy atom. The molecule has 4 heteroatoms. The van der Waals surface area contributed by atoms with Gasteiger partial charge in [-0.3, -0.25) is 0 Å². The second-order valence-electron chi connectivity index (χ2n) is 7.78. The van der Waals surface area contributed by atoms with E-state index in [1.54, 1.807) is 0 Å². The Morgan fingerprint density at radius 1 is 0.444 bits per heavy atom. The minimum atomic E-state index is -0.110. The van der Waals surface area contributed by atoms with Gasteiger partial charge in [0.2, 0.25) is 0 Å². The minimum absolute atomic E-state index is 0. The van der Waals surface area contributed by atoms with Crippen LogP contribution in [0.3, 0.4) is 0 Å². The van der Waals surface area contributed by atoms with Crippen LogP contribution in [0.1, 0.15) is 16.7 Å². The summed E-state index contributed by atoms with van der Waals surface area (Å²) in [6, 6.07) is 27.9. The van der Waals surface area contributed by atoms with Gasteiger partial charge in [0.15, 0.2) is 0 Å². The van der Waals surface area contributed by atoms with Crippen LogP contribution in [-0.4, -0.2) is 0 Å². The van der Waals surface area contributed by atoms with Gasteiger partial charge in [-0.05, 0) is 0 Å². The number of rotatable bonds is 5. The van der Waals surface area contributed by atoms with Gasteiger partial charge >= 0.3 is 26.2 Å². The van der Waals surface area contributed by atoms with Crippen LogP contribution in [0.15, 0.2) is 140 Å². The van der Waals surface area contributed by atoms with Gasteiger partial charge in [0, 0.05) is 0 Å². The van der Waals surface area contributed by atoms with E-state index >= 15 is 0 Å². The van der Waals surface area contributed by atoms with Crippen LogP contribution < -0.4 is 15.3 Å². The van der Waals surface area contributed by atoms with E-state index in [9.17, 15) is 15.3 Å². The number of hydrogen-bond acceptors (Lipinski definition) is 3. The van der Waals surface area contributed by atoms with Crippen LogP contribution in [0.5, 0.6) is 0 Å². The van der Waals surface area contributed by atoms with Crippen LogP contribution in [0.2, 0.25) is 0 Å². The van der Waals surface area contributed by atoms with E-state index in [4.69, 9.17) is 0 Å². The van der Waals surface area contributed by atoms with E-state index < -0.39 is 0 Å². The molecule has 0 unspecified atom stereocenters. The molecular weight excluding hydrogens is 524 g/mol. The van der Waals surface area contributed by atoms with Gasteiger partial charge in [-0.15, -0.1) is 56.0 Å². The normalized spacial score (nSPS) is 13.0. The summed E-state index contributed by atoms with van der Waals surface area (Å²) in [5.74, 6) is 1.10. The molecule has 0 aliphatic heterocycles. The van der Waals surface area contributed by atoms with Gasteiger partial charge < -0.3 is 21.7 Å². The van der Waals surface area contributed by atoms with E-state index in [1.807, 2.05) is 91.0 Å². The van der Waals surface area contributed by atoms with Crippen molar-refractivity contribution >= 4 is 0 Å². The largest absolute Gasteiger partial charge is 4.00 e. The average Bonchev–Trinajstić information content (AvgIpc) is 3.66. The fourth-order valence-corrected chi connectivity index (χ4v) is 3.13. The maximum Gasteiger partial charge on any atom is 4.00 e. The van der Waals surface area contributed by atoms with Crippen LogP contribution >= 0.6 is 0 Å². The van der Waals surface area contributed by atoms with Crippen LogP contribution in [-0.2, 0) is 46.0 Å². The summed E-state index contributed by atoms with van der Waals surface area (Å²) >= 11 is 0. The molecule has 2 aliphatic rings. The molecule has 0 amide bonds. The van der Waals surface area contributed by atoms with Crippen molar-refractivity contribution < 1.29 is 41.5 Å². The molecule has 0 bridgehead atoms. The molecule has 182 valence electrons. The fourth-order valence-electron chi connectivity index (χ4n) is 3.13. The summed E-state index contributed by atoms with van der Waals surface area (Å²) in [5.41, 5.74) is 2.56. The molecule has 3 aromatic carbocycles. The molecule has 5 rings (SSSR count). The zero-order valence-electron chi connectivity index (χ0n) is 20.4. The van der Waals surface area contributed by atoms with Crippen LogP contribution in [0, 0.1) is 18.3 Å². The Bertz CT molecular complexity index is 885. The van der Waals surface area contributed by atoms with E-state index in [0.717, 1.165) is 16.7 Å². The molecule has 0 saturated heterocycles. The van der Waals surface area contributed by atoms with Crippen molar-refractivity contribution in [2.24, 2.45) is 11.8 Å². The summed E-state index contributed by atoms with van der Waals surface area (Å²) in [5, 5.41) is 30.4. The molecule has 0 heterocycles. The molecule has 0 fully saturated rings. The van der Waals surface area contributed by atoms with Crippen LogP contribution in [0.4, 0.5) is 0 Å². The summed E-state index contributed by atoms with van der Waals surface area (Å²) in [6.07, 6.45) is 19.6. The van der Waals surface area contributed by atoms with Gasteiger partial charge in [-0.25, -0.2) is 0 Å². The third-order valence-electron chi connectivity index (χ3n) is 5.03. The zero-order chi connectivity index (χ0) is 25.0. The number of hydrogen-bond donors (Lipinski definition) is 0. The third-order valence-corrected chi connectivity index (χ3v) is 5.03. The van der Waals surface area contributed by atoms with Gasteiger partial charge in [-0.2, -0.15) is 0 Å². The van der Waals surface area contributed by atoms with Crippen molar-refractivity contribution in [1.82, 2.24) is 0 Å². The Balaban J connectivity index is 0.000000241. The summed E-state index contributed by atoms with van der Waals surface area (Å²) in [7, 11) is 0. The average molecular weight is 556 g/mol. The first-order chi connectivity index (χ1) is 17.2. The molecule has 0 saturated carbocycles. The first kappa shape index (κ1) is 31.4. The van der Waals surface area contributed by atoms with Gasteiger partial charge in [0.05, 0.1) is 0 Å². The molecule has 0 N–H and O–H groups in total. The SMILES string of the molecule is C1=CC([CH-]C2C=CC=C2)C=C1.[O-]Cc1ccccc1.[O-]Cc1ccccc1.[O-]Cc1ccccc1.[Zr+4]. The first-order valence-corrected chi connectivity index (χ1v) is 11.7. The fraction of sp³-hybridized carbons (Fsp3) is 0.156. The van der Waals surface area contributed by atoms with Crippen molar-refractivity contribution in [2.45, 2.75) is 19.8 Å². The molecule has 0 spiro atoms. The van der Waals surface area contributed by atoms with Crippen molar-refractivity contribution in [3.8, 4) is 0 Å². The Morgan fingerprint density at radius 2 is 0.694 bits per heavy atom. The first-order valence-electron chi connectivity index (χ1n) is 11.7. The second kappa shape index (κ2) is 20.6. The Kier molecular flexibility index (Phi) is 17.9. The van der Waals surface area contributed by atoms with E-state index in [-0.39, 0.29) is 46.0 Å². The quantitative estimate of drug-likeness (QED) is 0.441. The van der Waals surface area contributed by atoms with Gasteiger partial charge in [0.25, 0.3) is 0 Å². The minimum Gasteiger partial charge on any atom is -0.851 e. The molecule has 36 heavy (non-hydrogen) atoms. The van der Waals surface area contributed by atoms with E-state index in [0.29, 0.717) is 11.8 Å². The van der Waals surface area contributed by atoms with Gasteiger partial charge in [-0.1, -0.05) is 132 Å². The maximum atomic E-state index is 10.1. The standard InChI is InChI=1S/C11H11.3C7H7O.Zr/c1-2-6-10(5-1)9-11-7-3-4-8-11;3*8-6-7-4-2-1-3-5-7;/h1-11H;3*1-5H,6H2;/q4*-1;+4. The Hall–Kier alpha value is -2.62. The maximum absolute atomic E-state index is 10.1. The van der Waals surface area contributed by atoms with E-state index in [1.165, 1.54) is 0 Å². The number of allylic oxidation sites excluding steroid dienone is 8. The smallest absolute Gasteiger partial charge is 0.851 e. The van der Waals surface area contributed by atoms with Crippen molar-refractivity contribution in [3.05, 3.63) is 163 Å². The number of benzene rings is 3. The van der Waals surface area contributed by atoms with Gasteiger partial charge in [0.1, 0.15) is 0 Å². The molecule has 0 aromatic heterocycles. The van der Waals surface area contributed by atoms with Crippen molar-refractivity contribution in [3.63, 3.8) is 0 Å². The molecule has 2 aliphatic carbocycles. The van der Waals surface area contributed by atoms with Crippen molar-refractivity contribution in [2.75, 3.05) is 0 Å². The van der Waals surface area contributed by atoms with Crippen LogP contribution in [0.25, 0.3) is 0 Å².